The Labute approximate surface area is 120 Å². The van der Waals surface area contributed by atoms with E-state index in [4.69, 9.17) is 5.11 Å². The third-order valence-corrected chi connectivity index (χ3v) is 3.30. The van der Waals surface area contributed by atoms with Gasteiger partial charge in [0.15, 0.2) is 0 Å². The number of hydrogen-bond donors (Lipinski definition) is 2. The standard InChI is InChI=1S/C15H13N3O3/c19-8-7-16-15-12-4-2-1-3-11(12)13-9-10(18(20)21)5-6-14(13)17-15/h1-6,9,19H,7-8H2,(H,16,17). The zero-order valence-electron chi connectivity index (χ0n) is 11.1. The molecule has 3 rings (SSSR count). The summed E-state index contributed by atoms with van der Waals surface area (Å²) in [6.07, 6.45) is 0. The first-order chi connectivity index (χ1) is 10.2. The smallest absolute Gasteiger partial charge is 0.270 e. The van der Waals surface area contributed by atoms with E-state index in [1.807, 2.05) is 24.3 Å². The second kappa shape index (κ2) is 5.34. The van der Waals surface area contributed by atoms with Gasteiger partial charge in [-0.2, -0.15) is 0 Å². The average molecular weight is 283 g/mol. The molecule has 21 heavy (non-hydrogen) atoms. The number of pyridine rings is 1. The van der Waals surface area contributed by atoms with E-state index in [1.54, 1.807) is 12.1 Å². The van der Waals surface area contributed by atoms with Crippen LogP contribution in [0.5, 0.6) is 0 Å². The molecule has 0 saturated carbocycles. The zero-order valence-corrected chi connectivity index (χ0v) is 11.1. The summed E-state index contributed by atoms with van der Waals surface area (Å²) >= 11 is 0. The number of nitrogens with zero attached hydrogens (tertiary/aromatic N) is 2. The molecule has 1 heterocycles. The SMILES string of the molecule is O=[N+]([O-])c1ccc2nc(NCCO)c3ccccc3c2c1. The van der Waals surface area contributed by atoms with Crippen molar-refractivity contribution in [3.05, 3.63) is 52.6 Å². The fraction of sp³-hybridized carbons (Fsp3) is 0.133. The number of benzene rings is 2. The van der Waals surface area contributed by atoms with Crippen LogP contribution >= 0.6 is 0 Å². The number of aliphatic hydroxyl groups is 1. The Morgan fingerprint density at radius 3 is 2.62 bits per heavy atom. The van der Waals surface area contributed by atoms with Crippen LogP contribution in [-0.2, 0) is 0 Å². The molecule has 2 N–H and O–H groups in total. The second-order valence-corrected chi connectivity index (χ2v) is 4.61. The van der Waals surface area contributed by atoms with Gasteiger partial charge in [0.1, 0.15) is 5.82 Å². The molecule has 0 spiro atoms. The van der Waals surface area contributed by atoms with Crippen molar-refractivity contribution in [3.63, 3.8) is 0 Å². The van der Waals surface area contributed by atoms with E-state index in [1.165, 1.54) is 6.07 Å². The predicted molar refractivity (Wildman–Crippen MR) is 81.5 cm³/mol. The summed E-state index contributed by atoms with van der Waals surface area (Å²) in [5.74, 6) is 0.668. The summed E-state index contributed by atoms with van der Waals surface area (Å²) in [6.45, 7) is 0.407. The second-order valence-electron chi connectivity index (χ2n) is 4.61. The molecule has 106 valence electrons. The molecule has 2 aromatic carbocycles. The van der Waals surface area contributed by atoms with Crippen LogP contribution < -0.4 is 5.32 Å². The molecule has 0 aliphatic carbocycles. The number of nitro groups is 1. The van der Waals surface area contributed by atoms with Crippen molar-refractivity contribution in [2.75, 3.05) is 18.5 Å². The van der Waals surface area contributed by atoms with Crippen molar-refractivity contribution in [2.45, 2.75) is 0 Å². The molecule has 0 radical (unpaired) electrons. The molecule has 0 atom stereocenters. The monoisotopic (exact) mass is 283 g/mol. The van der Waals surface area contributed by atoms with Gasteiger partial charge in [-0.05, 0) is 11.5 Å². The molecule has 0 bridgehead atoms. The highest BCUT2D eigenvalue weighted by Gasteiger charge is 2.12. The number of non-ortho nitro benzene ring substituents is 1. The largest absolute Gasteiger partial charge is 0.395 e. The van der Waals surface area contributed by atoms with E-state index < -0.39 is 4.92 Å². The normalized spacial score (nSPS) is 10.9. The molecule has 0 unspecified atom stereocenters. The molecule has 1 aromatic heterocycles. The number of nitrogens with one attached hydrogen (secondary N) is 1. The fourth-order valence-corrected chi connectivity index (χ4v) is 2.37. The summed E-state index contributed by atoms with van der Waals surface area (Å²) in [5.41, 5.74) is 0.727. The minimum atomic E-state index is -0.411. The highest BCUT2D eigenvalue weighted by Crippen LogP contribution is 2.31. The van der Waals surface area contributed by atoms with Gasteiger partial charge >= 0.3 is 0 Å². The molecule has 6 heteroatoms. The highest BCUT2D eigenvalue weighted by molar-refractivity contribution is 6.10. The van der Waals surface area contributed by atoms with Gasteiger partial charge < -0.3 is 10.4 Å². The Bertz CT molecular complexity index is 833. The van der Waals surface area contributed by atoms with Crippen molar-refractivity contribution < 1.29 is 10.0 Å². The Hall–Kier alpha value is -2.73. The van der Waals surface area contributed by atoms with Crippen molar-refractivity contribution in [3.8, 4) is 0 Å². The number of aliphatic hydroxyl groups excluding tert-OH is 1. The van der Waals surface area contributed by atoms with Gasteiger partial charge in [-0.15, -0.1) is 0 Å². The van der Waals surface area contributed by atoms with Crippen molar-refractivity contribution in [2.24, 2.45) is 0 Å². The van der Waals surface area contributed by atoms with Gasteiger partial charge in [-0.25, -0.2) is 4.98 Å². The van der Waals surface area contributed by atoms with E-state index in [9.17, 15) is 10.1 Å². The topological polar surface area (TPSA) is 88.3 Å². The molecule has 0 saturated heterocycles. The Morgan fingerprint density at radius 2 is 1.90 bits per heavy atom. The van der Waals surface area contributed by atoms with Crippen LogP contribution in [0.1, 0.15) is 0 Å². The maximum absolute atomic E-state index is 10.9. The van der Waals surface area contributed by atoms with Gasteiger partial charge in [0.2, 0.25) is 0 Å². The van der Waals surface area contributed by atoms with E-state index in [0.29, 0.717) is 17.9 Å². The van der Waals surface area contributed by atoms with Gasteiger partial charge in [-0.1, -0.05) is 24.3 Å². The first kappa shape index (κ1) is 13.3. The summed E-state index contributed by atoms with van der Waals surface area (Å²) in [7, 11) is 0. The molecule has 0 aliphatic rings. The summed E-state index contributed by atoms with van der Waals surface area (Å²) < 4.78 is 0. The van der Waals surface area contributed by atoms with E-state index >= 15 is 0 Å². The third-order valence-electron chi connectivity index (χ3n) is 3.30. The van der Waals surface area contributed by atoms with Crippen molar-refractivity contribution in [1.82, 2.24) is 4.98 Å². The first-order valence-electron chi connectivity index (χ1n) is 6.52. The fourth-order valence-electron chi connectivity index (χ4n) is 2.37. The number of hydrogen-bond acceptors (Lipinski definition) is 5. The molecular formula is C15H13N3O3. The predicted octanol–water partition coefficient (Wildman–Crippen LogP) is 2.70. The zero-order chi connectivity index (χ0) is 14.8. The first-order valence-corrected chi connectivity index (χ1v) is 6.52. The molecule has 0 fully saturated rings. The average Bonchev–Trinajstić information content (AvgIpc) is 2.52. The molecule has 3 aromatic rings. The lowest BCUT2D eigenvalue weighted by Crippen LogP contribution is -2.07. The maximum Gasteiger partial charge on any atom is 0.270 e. The number of aromatic nitrogens is 1. The lowest BCUT2D eigenvalue weighted by Gasteiger charge is -2.10. The lowest BCUT2D eigenvalue weighted by molar-refractivity contribution is -0.384. The summed E-state index contributed by atoms with van der Waals surface area (Å²) in [5, 5.41) is 25.5. The quantitative estimate of drug-likeness (QED) is 0.436. The number of fused-ring (bicyclic) bond motifs is 3. The van der Waals surface area contributed by atoms with Crippen LogP contribution in [0.4, 0.5) is 11.5 Å². The third kappa shape index (κ3) is 2.36. The number of rotatable bonds is 4. The number of nitro benzene ring substituents is 1. The van der Waals surface area contributed by atoms with Crippen LogP contribution in [-0.4, -0.2) is 28.2 Å². The van der Waals surface area contributed by atoms with Crippen molar-refractivity contribution in [1.29, 1.82) is 0 Å². The van der Waals surface area contributed by atoms with Crippen LogP contribution in [0.3, 0.4) is 0 Å². The molecule has 6 nitrogen and oxygen atoms in total. The number of anilines is 1. The van der Waals surface area contributed by atoms with Crippen LogP contribution in [0, 0.1) is 10.1 Å². The Kier molecular flexibility index (Phi) is 3.37. The highest BCUT2D eigenvalue weighted by atomic mass is 16.6. The lowest BCUT2D eigenvalue weighted by atomic mass is 10.1. The minimum Gasteiger partial charge on any atom is -0.395 e. The van der Waals surface area contributed by atoms with Crippen LogP contribution in [0.25, 0.3) is 21.7 Å². The van der Waals surface area contributed by atoms with Gasteiger partial charge in [-0.3, -0.25) is 10.1 Å². The summed E-state index contributed by atoms with van der Waals surface area (Å²) in [6, 6.07) is 12.2. The van der Waals surface area contributed by atoms with Gasteiger partial charge in [0.25, 0.3) is 5.69 Å². The molecule has 0 amide bonds. The van der Waals surface area contributed by atoms with Gasteiger partial charge in [0, 0.05) is 29.4 Å². The van der Waals surface area contributed by atoms with Gasteiger partial charge in [0.05, 0.1) is 17.0 Å². The van der Waals surface area contributed by atoms with Crippen LogP contribution in [0.2, 0.25) is 0 Å². The molecular weight excluding hydrogens is 270 g/mol. The van der Waals surface area contributed by atoms with E-state index in [2.05, 4.69) is 10.3 Å². The Balaban J connectivity index is 2.31. The van der Waals surface area contributed by atoms with E-state index in [0.717, 1.165) is 16.2 Å². The van der Waals surface area contributed by atoms with Crippen LogP contribution in [0.15, 0.2) is 42.5 Å². The molecule has 0 aliphatic heterocycles. The van der Waals surface area contributed by atoms with E-state index in [-0.39, 0.29) is 12.3 Å². The Morgan fingerprint density at radius 1 is 1.14 bits per heavy atom. The minimum absolute atomic E-state index is 0.00824. The summed E-state index contributed by atoms with van der Waals surface area (Å²) in [4.78, 5) is 15.0. The van der Waals surface area contributed by atoms with Crippen molar-refractivity contribution >= 4 is 33.2 Å². The maximum atomic E-state index is 10.9.